The zero-order valence-electron chi connectivity index (χ0n) is 9.79. The predicted molar refractivity (Wildman–Crippen MR) is 72.4 cm³/mol. The van der Waals surface area contributed by atoms with Crippen LogP contribution in [-0.4, -0.2) is 19.7 Å². The molecule has 2 rings (SSSR count). The molecule has 0 aliphatic carbocycles. The highest BCUT2D eigenvalue weighted by Gasteiger charge is 2.02. The standard InChI is InChI=1S/C12H13N3O2S/c1-18(16,17)15-12-8-7-11(9-13-12)14-10-5-3-2-4-6-10/h2-9,14H,1H3,(H,13,15). The van der Waals surface area contributed by atoms with Crippen molar-refractivity contribution in [2.75, 3.05) is 16.3 Å². The zero-order chi connectivity index (χ0) is 13.0. The van der Waals surface area contributed by atoms with Crippen molar-refractivity contribution in [2.45, 2.75) is 0 Å². The lowest BCUT2D eigenvalue weighted by atomic mass is 10.3. The van der Waals surface area contributed by atoms with Gasteiger partial charge < -0.3 is 5.32 Å². The number of pyridine rings is 1. The van der Waals surface area contributed by atoms with Crippen molar-refractivity contribution < 1.29 is 8.42 Å². The summed E-state index contributed by atoms with van der Waals surface area (Å²) in [6.45, 7) is 0. The van der Waals surface area contributed by atoms with Crippen LogP contribution >= 0.6 is 0 Å². The van der Waals surface area contributed by atoms with Crippen molar-refractivity contribution in [3.8, 4) is 0 Å². The van der Waals surface area contributed by atoms with Gasteiger partial charge in [0, 0.05) is 5.69 Å². The molecule has 0 atom stereocenters. The van der Waals surface area contributed by atoms with E-state index in [9.17, 15) is 8.42 Å². The molecule has 1 aromatic heterocycles. The molecule has 0 unspecified atom stereocenters. The van der Waals surface area contributed by atoms with E-state index in [0.29, 0.717) is 5.82 Å². The summed E-state index contributed by atoms with van der Waals surface area (Å²) in [4.78, 5) is 4.01. The quantitative estimate of drug-likeness (QED) is 0.887. The second kappa shape index (κ2) is 5.05. The summed E-state index contributed by atoms with van der Waals surface area (Å²) in [7, 11) is -3.28. The van der Waals surface area contributed by atoms with Gasteiger partial charge in [-0.1, -0.05) is 18.2 Å². The summed E-state index contributed by atoms with van der Waals surface area (Å²) in [5.41, 5.74) is 1.74. The molecule has 2 aromatic rings. The second-order valence-corrected chi connectivity index (χ2v) is 5.55. The number of rotatable bonds is 4. The number of hydrogen-bond acceptors (Lipinski definition) is 4. The van der Waals surface area contributed by atoms with Gasteiger partial charge in [-0.05, 0) is 24.3 Å². The van der Waals surface area contributed by atoms with Gasteiger partial charge in [0.05, 0.1) is 18.1 Å². The molecule has 0 fully saturated rings. The maximum atomic E-state index is 11.0. The van der Waals surface area contributed by atoms with Crippen LogP contribution in [0, 0.1) is 0 Å². The summed E-state index contributed by atoms with van der Waals surface area (Å²) in [6.07, 6.45) is 2.66. The van der Waals surface area contributed by atoms with Gasteiger partial charge in [-0.15, -0.1) is 0 Å². The van der Waals surface area contributed by atoms with E-state index < -0.39 is 10.0 Å². The minimum Gasteiger partial charge on any atom is -0.354 e. The van der Waals surface area contributed by atoms with Crippen LogP contribution in [0.25, 0.3) is 0 Å². The molecule has 0 saturated heterocycles. The predicted octanol–water partition coefficient (Wildman–Crippen LogP) is 2.20. The third kappa shape index (κ3) is 3.74. The number of para-hydroxylation sites is 1. The lowest BCUT2D eigenvalue weighted by Crippen LogP contribution is -2.10. The van der Waals surface area contributed by atoms with E-state index in [0.717, 1.165) is 17.6 Å². The molecule has 6 heteroatoms. The summed E-state index contributed by atoms with van der Waals surface area (Å²) in [5, 5.41) is 3.15. The fourth-order valence-electron chi connectivity index (χ4n) is 1.41. The van der Waals surface area contributed by atoms with Gasteiger partial charge in [-0.2, -0.15) is 0 Å². The van der Waals surface area contributed by atoms with Crippen molar-refractivity contribution in [3.05, 3.63) is 48.7 Å². The lowest BCUT2D eigenvalue weighted by molar-refractivity contribution is 0.606. The van der Waals surface area contributed by atoms with Crippen molar-refractivity contribution >= 4 is 27.2 Å². The molecule has 0 spiro atoms. The highest BCUT2D eigenvalue weighted by atomic mass is 32.2. The first-order valence-corrected chi connectivity index (χ1v) is 7.18. The van der Waals surface area contributed by atoms with E-state index in [1.807, 2.05) is 30.3 Å². The zero-order valence-corrected chi connectivity index (χ0v) is 10.6. The number of aromatic nitrogens is 1. The third-order valence-electron chi connectivity index (χ3n) is 2.12. The van der Waals surface area contributed by atoms with Crippen molar-refractivity contribution in [2.24, 2.45) is 0 Å². The Bertz CT molecular complexity index is 610. The first kappa shape index (κ1) is 12.4. The number of nitrogens with zero attached hydrogens (tertiary/aromatic N) is 1. The van der Waals surface area contributed by atoms with E-state index >= 15 is 0 Å². The van der Waals surface area contributed by atoms with Gasteiger partial charge in [0.15, 0.2) is 0 Å². The van der Waals surface area contributed by atoms with Crippen LogP contribution in [0.15, 0.2) is 48.7 Å². The summed E-state index contributed by atoms with van der Waals surface area (Å²) in [6, 6.07) is 13.0. The van der Waals surface area contributed by atoms with Crippen molar-refractivity contribution in [3.63, 3.8) is 0 Å². The Labute approximate surface area is 106 Å². The Morgan fingerprint density at radius 2 is 1.72 bits per heavy atom. The minimum atomic E-state index is -3.28. The summed E-state index contributed by atoms with van der Waals surface area (Å²) < 4.78 is 24.3. The van der Waals surface area contributed by atoms with Gasteiger partial charge in [-0.3, -0.25) is 4.72 Å². The first-order chi connectivity index (χ1) is 8.53. The first-order valence-electron chi connectivity index (χ1n) is 5.29. The van der Waals surface area contributed by atoms with E-state index in [1.165, 1.54) is 0 Å². The molecule has 0 radical (unpaired) electrons. The summed E-state index contributed by atoms with van der Waals surface area (Å²) >= 11 is 0. The molecule has 1 aromatic carbocycles. The number of hydrogen-bond donors (Lipinski definition) is 2. The fraction of sp³-hybridized carbons (Fsp3) is 0.0833. The molecule has 0 aliphatic heterocycles. The molecule has 1 heterocycles. The highest BCUT2D eigenvalue weighted by molar-refractivity contribution is 7.92. The Hall–Kier alpha value is -2.08. The van der Waals surface area contributed by atoms with E-state index in [-0.39, 0.29) is 0 Å². The van der Waals surface area contributed by atoms with Gasteiger partial charge >= 0.3 is 0 Å². The van der Waals surface area contributed by atoms with Crippen molar-refractivity contribution in [1.29, 1.82) is 0 Å². The molecule has 0 bridgehead atoms. The average molecular weight is 263 g/mol. The average Bonchev–Trinajstić information content (AvgIpc) is 2.31. The fourth-order valence-corrected chi connectivity index (χ4v) is 1.91. The normalized spacial score (nSPS) is 10.9. The SMILES string of the molecule is CS(=O)(=O)Nc1ccc(Nc2ccccc2)cn1. The number of nitrogens with one attached hydrogen (secondary N) is 2. The minimum absolute atomic E-state index is 0.302. The van der Waals surface area contributed by atoms with E-state index in [4.69, 9.17) is 0 Å². The summed E-state index contributed by atoms with van der Waals surface area (Å²) in [5.74, 6) is 0.302. The largest absolute Gasteiger partial charge is 0.354 e. The topological polar surface area (TPSA) is 71.1 Å². The molecular formula is C12H13N3O2S. The van der Waals surface area contributed by atoms with Gasteiger partial charge in [0.2, 0.25) is 10.0 Å². The van der Waals surface area contributed by atoms with Crippen molar-refractivity contribution in [1.82, 2.24) is 4.98 Å². The van der Waals surface area contributed by atoms with Crippen LogP contribution in [0.5, 0.6) is 0 Å². The maximum absolute atomic E-state index is 11.0. The molecule has 2 N–H and O–H groups in total. The number of sulfonamides is 1. The molecule has 5 nitrogen and oxygen atoms in total. The maximum Gasteiger partial charge on any atom is 0.230 e. The Morgan fingerprint density at radius 3 is 2.28 bits per heavy atom. The van der Waals surface area contributed by atoms with Crippen LogP contribution in [-0.2, 0) is 10.0 Å². The van der Waals surface area contributed by atoms with E-state index in [1.54, 1.807) is 18.3 Å². The molecule has 0 saturated carbocycles. The Morgan fingerprint density at radius 1 is 1.00 bits per heavy atom. The van der Waals surface area contributed by atoms with Gasteiger partial charge in [-0.25, -0.2) is 13.4 Å². The molecule has 0 amide bonds. The molecule has 18 heavy (non-hydrogen) atoms. The Kier molecular flexibility index (Phi) is 3.47. The lowest BCUT2D eigenvalue weighted by Gasteiger charge is -2.07. The highest BCUT2D eigenvalue weighted by Crippen LogP contribution is 2.16. The molecule has 94 valence electrons. The molecular weight excluding hydrogens is 250 g/mol. The van der Waals surface area contributed by atoms with Crippen LogP contribution in [0.1, 0.15) is 0 Å². The monoisotopic (exact) mass is 263 g/mol. The molecule has 0 aliphatic rings. The van der Waals surface area contributed by atoms with Crippen LogP contribution in [0.4, 0.5) is 17.2 Å². The number of benzene rings is 1. The Balaban J connectivity index is 2.09. The van der Waals surface area contributed by atoms with Gasteiger partial charge in [0.25, 0.3) is 0 Å². The third-order valence-corrected chi connectivity index (χ3v) is 2.70. The smallest absolute Gasteiger partial charge is 0.230 e. The van der Waals surface area contributed by atoms with Crippen LogP contribution < -0.4 is 10.0 Å². The second-order valence-electron chi connectivity index (χ2n) is 3.80. The van der Waals surface area contributed by atoms with Crippen LogP contribution in [0.3, 0.4) is 0 Å². The van der Waals surface area contributed by atoms with Gasteiger partial charge in [0.1, 0.15) is 5.82 Å². The van der Waals surface area contributed by atoms with E-state index in [2.05, 4.69) is 15.0 Å². The van der Waals surface area contributed by atoms with Crippen LogP contribution in [0.2, 0.25) is 0 Å². The number of anilines is 3.